The quantitative estimate of drug-likeness (QED) is 0.662. The van der Waals surface area contributed by atoms with E-state index in [2.05, 4.69) is 6.58 Å². The molecule has 0 bridgehead atoms. The molecule has 0 unspecified atom stereocenters. The van der Waals surface area contributed by atoms with Crippen LogP contribution in [0.1, 0.15) is 25.0 Å². The summed E-state index contributed by atoms with van der Waals surface area (Å²) in [6.45, 7) is 7.12. The van der Waals surface area contributed by atoms with Gasteiger partial charge >= 0.3 is 0 Å². The van der Waals surface area contributed by atoms with Gasteiger partial charge in [0.15, 0.2) is 5.78 Å². The van der Waals surface area contributed by atoms with Crippen LogP contribution in [0.5, 0.6) is 0 Å². The van der Waals surface area contributed by atoms with E-state index in [1.165, 1.54) is 0 Å². The standard InChI is InChI=1S/C13H14O/c1-4-12-7-5-6-8-13(12)9-10(2)11(3)14/h4-9H,1H2,2-3H3/b10-9+. The topological polar surface area (TPSA) is 17.1 Å². The molecule has 1 rings (SSSR count). The van der Waals surface area contributed by atoms with Crippen LogP contribution in [-0.4, -0.2) is 5.78 Å². The van der Waals surface area contributed by atoms with E-state index in [1.807, 2.05) is 37.3 Å². The molecule has 0 aromatic heterocycles. The molecule has 0 amide bonds. The summed E-state index contributed by atoms with van der Waals surface area (Å²) in [5.41, 5.74) is 2.85. The van der Waals surface area contributed by atoms with Gasteiger partial charge in [-0.2, -0.15) is 0 Å². The molecule has 1 heteroatoms. The predicted octanol–water partition coefficient (Wildman–Crippen LogP) is 3.32. The summed E-state index contributed by atoms with van der Waals surface area (Å²) in [5.74, 6) is 0.101. The van der Waals surface area contributed by atoms with Crippen molar-refractivity contribution in [3.05, 3.63) is 47.5 Å². The minimum absolute atomic E-state index is 0.101. The minimum atomic E-state index is 0.101. The van der Waals surface area contributed by atoms with E-state index >= 15 is 0 Å². The SMILES string of the molecule is C=Cc1ccccc1/C=C(\C)C(C)=O. The first-order chi connectivity index (χ1) is 6.65. The summed E-state index contributed by atoms with van der Waals surface area (Å²) in [7, 11) is 0. The lowest BCUT2D eigenvalue weighted by atomic mass is 10.0. The molecule has 0 atom stereocenters. The zero-order chi connectivity index (χ0) is 10.6. The number of benzene rings is 1. The van der Waals surface area contributed by atoms with Crippen LogP contribution in [0.25, 0.3) is 12.2 Å². The molecule has 0 saturated heterocycles. The monoisotopic (exact) mass is 186 g/mol. The van der Waals surface area contributed by atoms with Gasteiger partial charge in [0.2, 0.25) is 0 Å². The van der Waals surface area contributed by atoms with Crippen molar-refractivity contribution >= 4 is 17.9 Å². The Morgan fingerprint density at radius 1 is 1.21 bits per heavy atom. The number of hydrogen-bond acceptors (Lipinski definition) is 1. The maximum absolute atomic E-state index is 11.1. The number of ketones is 1. The summed E-state index contributed by atoms with van der Waals surface area (Å²) in [5, 5.41) is 0. The van der Waals surface area contributed by atoms with Crippen molar-refractivity contribution in [1.29, 1.82) is 0 Å². The first-order valence-corrected chi connectivity index (χ1v) is 4.56. The van der Waals surface area contributed by atoms with E-state index in [0.29, 0.717) is 0 Å². The van der Waals surface area contributed by atoms with Crippen LogP contribution in [0.15, 0.2) is 36.4 Å². The number of Topliss-reactive ketones (excluding diaryl/α,β-unsaturated/α-hetero) is 1. The number of rotatable bonds is 3. The van der Waals surface area contributed by atoms with Crippen molar-refractivity contribution in [3.8, 4) is 0 Å². The summed E-state index contributed by atoms with van der Waals surface area (Å²) in [4.78, 5) is 11.1. The first-order valence-electron chi connectivity index (χ1n) is 4.56. The highest BCUT2D eigenvalue weighted by Crippen LogP contribution is 2.14. The lowest BCUT2D eigenvalue weighted by molar-refractivity contribution is -0.113. The smallest absolute Gasteiger partial charge is 0.155 e. The Morgan fingerprint density at radius 3 is 2.29 bits per heavy atom. The number of carbonyl (C=O) groups is 1. The summed E-state index contributed by atoms with van der Waals surface area (Å²) in [6.07, 6.45) is 3.68. The molecule has 1 aromatic rings. The van der Waals surface area contributed by atoms with Crippen LogP contribution in [0.3, 0.4) is 0 Å². The van der Waals surface area contributed by atoms with Gasteiger partial charge in [0.25, 0.3) is 0 Å². The molecule has 1 aromatic carbocycles. The molecule has 0 aliphatic carbocycles. The van der Waals surface area contributed by atoms with E-state index in [-0.39, 0.29) is 5.78 Å². The second-order valence-corrected chi connectivity index (χ2v) is 3.22. The van der Waals surface area contributed by atoms with Gasteiger partial charge < -0.3 is 0 Å². The number of hydrogen-bond donors (Lipinski definition) is 0. The second-order valence-electron chi connectivity index (χ2n) is 3.22. The third-order valence-corrected chi connectivity index (χ3v) is 2.14. The Labute approximate surface area is 84.8 Å². The molecule has 0 aliphatic rings. The highest BCUT2D eigenvalue weighted by molar-refractivity contribution is 5.97. The van der Waals surface area contributed by atoms with E-state index in [1.54, 1.807) is 13.0 Å². The molecule has 0 N–H and O–H groups in total. The molecule has 14 heavy (non-hydrogen) atoms. The van der Waals surface area contributed by atoms with Gasteiger partial charge in [-0.05, 0) is 36.6 Å². The fraction of sp³-hybridized carbons (Fsp3) is 0.154. The van der Waals surface area contributed by atoms with Crippen LogP contribution in [0.2, 0.25) is 0 Å². The van der Waals surface area contributed by atoms with Gasteiger partial charge in [0.1, 0.15) is 0 Å². The summed E-state index contributed by atoms with van der Waals surface area (Å²) >= 11 is 0. The van der Waals surface area contributed by atoms with Crippen molar-refractivity contribution in [2.24, 2.45) is 0 Å². The Bertz CT molecular complexity index is 386. The normalized spacial score (nSPS) is 11.1. The molecular weight excluding hydrogens is 172 g/mol. The fourth-order valence-electron chi connectivity index (χ4n) is 1.16. The molecule has 0 spiro atoms. The molecule has 72 valence electrons. The van der Waals surface area contributed by atoms with Crippen LogP contribution >= 0.6 is 0 Å². The van der Waals surface area contributed by atoms with E-state index < -0.39 is 0 Å². The molecule has 0 aliphatic heterocycles. The largest absolute Gasteiger partial charge is 0.295 e. The molecule has 1 nitrogen and oxygen atoms in total. The number of carbonyl (C=O) groups excluding carboxylic acids is 1. The lowest BCUT2D eigenvalue weighted by Crippen LogP contribution is -1.91. The van der Waals surface area contributed by atoms with Crippen LogP contribution in [0.4, 0.5) is 0 Å². The first kappa shape index (κ1) is 10.5. The van der Waals surface area contributed by atoms with Crippen LogP contribution < -0.4 is 0 Å². The zero-order valence-electron chi connectivity index (χ0n) is 8.58. The van der Waals surface area contributed by atoms with Gasteiger partial charge in [-0.15, -0.1) is 0 Å². The van der Waals surface area contributed by atoms with Crippen molar-refractivity contribution in [1.82, 2.24) is 0 Å². The highest BCUT2D eigenvalue weighted by atomic mass is 16.1. The second kappa shape index (κ2) is 4.56. The fourth-order valence-corrected chi connectivity index (χ4v) is 1.16. The van der Waals surface area contributed by atoms with Gasteiger partial charge in [-0.1, -0.05) is 36.9 Å². The predicted molar refractivity (Wildman–Crippen MR) is 60.9 cm³/mol. The number of allylic oxidation sites excluding steroid dienone is 1. The average molecular weight is 186 g/mol. The summed E-state index contributed by atoms with van der Waals surface area (Å²) < 4.78 is 0. The maximum Gasteiger partial charge on any atom is 0.155 e. The molecule has 0 fully saturated rings. The zero-order valence-corrected chi connectivity index (χ0v) is 8.58. The van der Waals surface area contributed by atoms with Crippen molar-refractivity contribution in [2.45, 2.75) is 13.8 Å². The van der Waals surface area contributed by atoms with Crippen molar-refractivity contribution < 1.29 is 4.79 Å². The Morgan fingerprint density at radius 2 is 1.79 bits per heavy atom. The van der Waals surface area contributed by atoms with E-state index in [0.717, 1.165) is 16.7 Å². The molecule has 0 saturated carbocycles. The third-order valence-electron chi connectivity index (χ3n) is 2.14. The lowest BCUT2D eigenvalue weighted by Gasteiger charge is -2.01. The van der Waals surface area contributed by atoms with Gasteiger partial charge in [0, 0.05) is 0 Å². The molecule has 0 heterocycles. The minimum Gasteiger partial charge on any atom is -0.295 e. The van der Waals surface area contributed by atoms with Gasteiger partial charge in [-0.25, -0.2) is 0 Å². The highest BCUT2D eigenvalue weighted by Gasteiger charge is 1.98. The van der Waals surface area contributed by atoms with Crippen molar-refractivity contribution in [2.75, 3.05) is 0 Å². The Balaban J connectivity index is 3.13. The van der Waals surface area contributed by atoms with E-state index in [4.69, 9.17) is 0 Å². The molecule has 0 radical (unpaired) electrons. The van der Waals surface area contributed by atoms with E-state index in [9.17, 15) is 4.79 Å². The van der Waals surface area contributed by atoms with Crippen molar-refractivity contribution in [3.63, 3.8) is 0 Å². The summed E-state index contributed by atoms with van der Waals surface area (Å²) in [6, 6.07) is 7.86. The van der Waals surface area contributed by atoms with Gasteiger partial charge in [-0.3, -0.25) is 4.79 Å². The van der Waals surface area contributed by atoms with Crippen LogP contribution in [0, 0.1) is 0 Å². The Hall–Kier alpha value is -1.63. The maximum atomic E-state index is 11.1. The average Bonchev–Trinajstić information content (AvgIpc) is 2.18. The van der Waals surface area contributed by atoms with Gasteiger partial charge in [0.05, 0.1) is 0 Å². The Kier molecular flexibility index (Phi) is 3.41. The van der Waals surface area contributed by atoms with Crippen LogP contribution in [-0.2, 0) is 4.79 Å². The molecular formula is C13H14O. The third kappa shape index (κ3) is 2.43.